The maximum atomic E-state index is 12.3. The van der Waals surface area contributed by atoms with Gasteiger partial charge in [-0.15, -0.1) is 0 Å². The lowest BCUT2D eigenvalue weighted by atomic mass is 9.85. The number of hydrogen-bond donors (Lipinski definition) is 1. The van der Waals surface area contributed by atoms with E-state index in [0.717, 1.165) is 25.0 Å². The molecule has 0 saturated heterocycles. The molecule has 2 aliphatic carbocycles. The Balaban J connectivity index is 1.60. The highest BCUT2D eigenvalue weighted by molar-refractivity contribution is 6.01. The highest BCUT2D eigenvalue weighted by Crippen LogP contribution is 2.47. The smallest absolute Gasteiger partial charge is 0.243 e. The molecule has 3 atom stereocenters. The van der Waals surface area contributed by atoms with Crippen molar-refractivity contribution in [3.63, 3.8) is 0 Å². The van der Waals surface area contributed by atoms with Crippen LogP contribution in [0.1, 0.15) is 44.6 Å². The summed E-state index contributed by atoms with van der Waals surface area (Å²) in [6.07, 6.45) is 5.00. The van der Waals surface area contributed by atoms with E-state index in [1.165, 1.54) is 16.7 Å². The first kappa shape index (κ1) is 15.7. The minimum atomic E-state index is 0.0385. The fourth-order valence-corrected chi connectivity index (χ4v) is 3.18. The highest BCUT2D eigenvalue weighted by Gasteiger charge is 2.43. The Hall–Kier alpha value is -2.16. The summed E-state index contributed by atoms with van der Waals surface area (Å²) in [4.78, 5) is 12.3. The van der Waals surface area contributed by atoms with E-state index in [9.17, 15) is 4.79 Å². The Morgan fingerprint density at radius 1 is 1.30 bits per heavy atom. The number of nitrogens with one attached hydrogen (secondary N) is 1. The van der Waals surface area contributed by atoms with Crippen molar-refractivity contribution < 1.29 is 4.79 Å². The summed E-state index contributed by atoms with van der Waals surface area (Å²) in [6.45, 7) is 8.16. The van der Waals surface area contributed by atoms with Crippen molar-refractivity contribution in [1.29, 1.82) is 0 Å². The number of carbonyl (C=O) groups excluding carboxylic acids is 1. The second-order valence-corrected chi connectivity index (χ2v) is 6.76. The van der Waals surface area contributed by atoms with Crippen LogP contribution in [0.4, 0.5) is 0 Å². The van der Waals surface area contributed by atoms with E-state index in [-0.39, 0.29) is 11.8 Å². The Bertz CT molecular complexity index is 672. The second-order valence-electron chi connectivity index (χ2n) is 6.76. The number of benzene rings is 1. The summed E-state index contributed by atoms with van der Waals surface area (Å²) < 4.78 is 0. The molecule has 1 amide bonds. The summed E-state index contributed by atoms with van der Waals surface area (Å²) >= 11 is 0. The molecule has 3 nitrogen and oxygen atoms in total. The van der Waals surface area contributed by atoms with Crippen LogP contribution in [-0.2, 0) is 4.79 Å². The van der Waals surface area contributed by atoms with Gasteiger partial charge in [0.05, 0.1) is 5.71 Å². The van der Waals surface area contributed by atoms with E-state index in [2.05, 4.69) is 49.2 Å². The Kier molecular flexibility index (Phi) is 4.46. The molecule has 3 heteroatoms. The standard InChI is InChI=1S/C20H24N2O/c1-13(2)16-10-9-14(3)19(11-16)21-22-20(23)18-12-17(18)15-7-5-4-6-8-15/h4-9,16-18H,1,10-12H2,2-3H3,(H,22,23)/b21-19-/t16-,17-,18-/m1/s1. The zero-order chi connectivity index (χ0) is 16.4. The van der Waals surface area contributed by atoms with Gasteiger partial charge in [0, 0.05) is 5.92 Å². The van der Waals surface area contributed by atoms with Gasteiger partial charge in [-0.1, -0.05) is 48.6 Å². The number of carbonyl (C=O) groups is 1. The summed E-state index contributed by atoms with van der Waals surface area (Å²) in [5.41, 5.74) is 7.35. The Morgan fingerprint density at radius 2 is 2.04 bits per heavy atom. The van der Waals surface area contributed by atoms with Crippen LogP contribution in [0.25, 0.3) is 0 Å². The number of hydrazone groups is 1. The first-order valence-electron chi connectivity index (χ1n) is 8.30. The van der Waals surface area contributed by atoms with Gasteiger partial charge in [-0.3, -0.25) is 4.79 Å². The van der Waals surface area contributed by atoms with E-state index >= 15 is 0 Å². The third kappa shape index (κ3) is 3.61. The molecule has 0 aromatic heterocycles. The zero-order valence-electron chi connectivity index (χ0n) is 13.9. The predicted octanol–water partition coefficient (Wildman–Crippen LogP) is 4.19. The first-order valence-corrected chi connectivity index (χ1v) is 8.30. The topological polar surface area (TPSA) is 41.5 Å². The summed E-state index contributed by atoms with van der Waals surface area (Å²) in [5, 5.41) is 4.39. The van der Waals surface area contributed by atoms with Crippen molar-refractivity contribution in [2.45, 2.75) is 39.0 Å². The third-order valence-electron chi connectivity index (χ3n) is 4.96. The molecule has 0 unspecified atom stereocenters. The molecular formula is C20H24N2O. The van der Waals surface area contributed by atoms with Gasteiger partial charge >= 0.3 is 0 Å². The molecule has 0 radical (unpaired) electrons. The van der Waals surface area contributed by atoms with Crippen molar-refractivity contribution in [2.75, 3.05) is 0 Å². The quantitative estimate of drug-likeness (QED) is 0.657. The molecule has 1 aromatic rings. The van der Waals surface area contributed by atoms with Crippen LogP contribution >= 0.6 is 0 Å². The minimum absolute atomic E-state index is 0.0385. The third-order valence-corrected chi connectivity index (χ3v) is 4.96. The van der Waals surface area contributed by atoms with Crippen LogP contribution in [0, 0.1) is 11.8 Å². The first-order chi connectivity index (χ1) is 11.1. The molecule has 120 valence electrons. The van der Waals surface area contributed by atoms with Gasteiger partial charge in [-0.05, 0) is 56.1 Å². The number of nitrogens with zero attached hydrogens (tertiary/aromatic N) is 1. The molecule has 0 spiro atoms. The second kappa shape index (κ2) is 6.53. The monoisotopic (exact) mass is 308 g/mol. The van der Waals surface area contributed by atoms with Gasteiger partial charge in [0.15, 0.2) is 0 Å². The lowest BCUT2D eigenvalue weighted by molar-refractivity contribution is -0.122. The molecule has 2 aliphatic rings. The average molecular weight is 308 g/mol. The lowest BCUT2D eigenvalue weighted by Gasteiger charge is -2.22. The Morgan fingerprint density at radius 3 is 2.74 bits per heavy atom. The van der Waals surface area contributed by atoms with Crippen LogP contribution in [0.3, 0.4) is 0 Å². The number of amides is 1. The van der Waals surface area contributed by atoms with Gasteiger partial charge in [0.25, 0.3) is 0 Å². The van der Waals surface area contributed by atoms with Crippen molar-refractivity contribution >= 4 is 11.6 Å². The largest absolute Gasteiger partial charge is 0.273 e. The molecule has 0 aliphatic heterocycles. The summed E-state index contributed by atoms with van der Waals surface area (Å²) in [6, 6.07) is 10.2. The van der Waals surface area contributed by atoms with E-state index in [1.807, 2.05) is 18.2 Å². The van der Waals surface area contributed by atoms with Crippen LogP contribution in [0.15, 0.2) is 59.2 Å². The summed E-state index contributed by atoms with van der Waals surface area (Å²) in [5.74, 6) is 0.887. The van der Waals surface area contributed by atoms with E-state index in [4.69, 9.17) is 0 Å². The van der Waals surface area contributed by atoms with Crippen molar-refractivity contribution in [3.05, 3.63) is 59.7 Å². The van der Waals surface area contributed by atoms with Crippen molar-refractivity contribution in [3.8, 4) is 0 Å². The van der Waals surface area contributed by atoms with Crippen LogP contribution < -0.4 is 5.43 Å². The fraction of sp³-hybridized carbons (Fsp3) is 0.400. The molecule has 3 rings (SSSR count). The van der Waals surface area contributed by atoms with E-state index < -0.39 is 0 Å². The molecule has 1 saturated carbocycles. The SMILES string of the molecule is C=C(C)[C@@H]1CC=C(C)/C(=N\NC(=O)[C@@H]2C[C@@H]2c2ccccc2)C1. The average Bonchev–Trinajstić information content (AvgIpc) is 3.35. The molecular weight excluding hydrogens is 284 g/mol. The maximum absolute atomic E-state index is 12.3. The highest BCUT2D eigenvalue weighted by atomic mass is 16.2. The lowest BCUT2D eigenvalue weighted by Crippen LogP contribution is -2.24. The molecule has 1 aromatic carbocycles. The van der Waals surface area contributed by atoms with Crippen LogP contribution in [0.5, 0.6) is 0 Å². The van der Waals surface area contributed by atoms with Gasteiger partial charge < -0.3 is 0 Å². The molecule has 1 fully saturated rings. The van der Waals surface area contributed by atoms with Crippen molar-refractivity contribution in [1.82, 2.24) is 5.43 Å². The van der Waals surface area contributed by atoms with Crippen LogP contribution in [0.2, 0.25) is 0 Å². The van der Waals surface area contributed by atoms with E-state index in [0.29, 0.717) is 11.8 Å². The Labute approximate surface area is 138 Å². The number of rotatable bonds is 4. The summed E-state index contributed by atoms with van der Waals surface area (Å²) in [7, 11) is 0. The normalized spacial score (nSPS) is 28.2. The molecule has 23 heavy (non-hydrogen) atoms. The number of allylic oxidation sites excluding steroid dienone is 3. The number of hydrogen-bond acceptors (Lipinski definition) is 2. The predicted molar refractivity (Wildman–Crippen MR) is 94.2 cm³/mol. The molecule has 0 bridgehead atoms. The molecule has 1 N–H and O–H groups in total. The minimum Gasteiger partial charge on any atom is -0.273 e. The van der Waals surface area contributed by atoms with Gasteiger partial charge in [0.1, 0.15) is 0 Å². The van der Waals surface area contributed by atoms with E-state index in [1.54, 1.807) is 0 Å². The van der Waals surface area contributed by atoms with Crippen LogP contribution in [-0.4, -0.2) is 11.6 Å². The fourth-order valence-electron chi connectivity index (χ4n) is 3.18. The van der Waals surface area contributed by atoms with Crippen molar-refractivity contribution in [2.24, 2.45) is 16.9 Å². The van der Waals surface area contributed by atoms with Gasteiger partial charge in [-0.25, -0.2) is 5.43 Å². The van der Waals surface area contributed by atoms with Gasteiger partial charge in [-0.2, -0.15) is 5.10 Å². The van der Waals surface area contributed by atoms with Gasteiger partial charge in [0.2, 0.25) is 5.91 Å². The zero-order valence-corrected chi connectivity index (χ0v) is 13.9. The molecule has 0 heterocycles. The maximum Gasteiger partial charge on any atom is 0.243 e.